The second-order valence-electron chi connectivity index (χ2n) is 15.6. The number of ether oxygens (including phenoxy) is 3. The Bertz CT molecular complexity index is 2270. The zero-order valence-electron chi connectivity index (χ0n) is 30.3. The van der Waals surface area contributed by atoms with Gasteiger partial charge in [0.1, 0.15) is 34.4 Å². The topological polar surface area (TPSA) is 121 Å². The van der Waals surface area contributed by atoms with Gasteiger partial charge in [-0.05, 0) is 80.1 Å². The molecular formula is C36H42BrF4N9O4. The van der Waals surface area contributed by atoms with Crippen molar-refractivity contribution in [2.24, 2.45) is 7.05 Å². The van der Waals surface area contributed by atoms with Crippen molar-refractivity contribution < 1.29 is 36.9 Å². The highest BCUT2D eigenvalue weighted by atomic mass is 79.9. The molecule has 54 heavy (non-hydrogen) atoms. The second kappa shape index (κ2) is 13.0. The molecule has 0 amide bonds. The Balaban J connectivity index is 1.26. The molecule has 4 fully saturated rings. The number of benzene rings is 1. The molecule has 1 unspecified atom stereocenters. The Hall–Kier alpha value is -3.58. The summed E-state index contributed by atoms with van der Waals surface area (Å²) in [5.41, 5.74) is -1.44. The molecule has 0 spiro atoms. The minimum absolute atomic E-state index is 0.0202. The first kappa shape index (κ1) is 36.1. The first-order valence-corrected chi connectivity index (χ1v) is 19.3. The smallest absolute Gasteiger partial charge is 0.418 e. The number of halogens is 5. The van der Waals surface area contributed by atoms with E-state index in [0.717, 1.165) is 32.2 Å². The van der Waals surface area contributed by atoms with Crippen LogP contribution in [0.15, 0.2) is 16.9 Å². The summed E-state index contributed by atoms with van der Waals surface area (Å²) in [6.45, 7) is 5.95. The lowest BCUT2D eigenvalue weighted by Gasteiger charge is -2.31. The third-order valence-electron chi connectivity index (χ3n) is 11.5. The monoisotopic (exact) mass is 819 g/mol. The van der Waals surface area contributed by atoms with Gasteiger partial charge in [0.25, 0.3) is 0 Å². The van der Waals surface area contributed by atoms with Crippen LogP contribution in [0.4, 0.5) is 23.4 Å². The Morgan fingerprint density at radius 2 is 1.96 bits per heavy atom. The van der Waals surface area contributed by atoms with Crippen molar-refractivity contribution >= 4 is 54.7 Å². The van der Waals surface area contributed by atoms with Crippen LogP contribution in [0.3, 0.4) is 0 Å². The van der Waals surface area contributed by atoms with E-state index in [4.69, 9.17) is 29.3 Å². The number of aromatic nitrogens is 7. The highest BCUT2D eigenvalue weighted by molar-refractivity contribution is 9.10. The van der Waals surface area contributed by atoms with E-state index in [1.807, 2.05) is 4.90 Å². The molecule has 290 valence electrons. The molecule has 4 saturated heterocycles. The van der Waals surface area contributed by atoms with Gasteiger partial charge in [-0.2, -0.15) is 33.3 Å². The van der Waals surface area contributed by atoms with Crippen molar-refractivity contribution in [3.63, 3.8) is 0 Å². The molecule has 18 heteroatoms. The summed E-state index contributed by atoms with van der Waals surface area (Å²) in [5, 5.41) is 21.8. The lowest BCUT2D eigenvalue weighted by Crippen LogP contribution is -2.44. The maximum absolute atomic E-state index is 15.2. The first-order valence-electron chi connectivity index (χ1n) is 18.5. The summed E-state index contributed by atoms with van der Waals surface area (Å²) < 4.78 is 83.2. The number of alkyl halides is 4. The van der Waals surface area contributed by atoms with Crippen LogP contribution >= 0.6 is 15.9 Å². The molecule has 5 aromatic rings. The van der Waals surface area contributed by atoms with Crippen molar-refractivity contribution in [2.75, 3.05) is 57.5 Å². The Morgan fingerprint density at radius 3 is 2.74 bits per heavy atom. The molecule has 1 N–H and O–H groups in total. The minimum atomic E-state index is -4.73. The number of β-amino-alcohol motifs (C(OH)–C–C–N with tert-alkyl or cyclic N) is 1. The summed E-state index contributed by atoms with van der Waals surface area (Å²) >= 11 is 3.61. The lowest BCUT2D eigenvalue weighted by atomic mass is 9.95. The van der Waals surface area contributed by atoms with E-state index in [2.05, 4.69) is 25.9 Å². The van der Waals surface area contributed by atoms with E-state index >= 15 is 13.2 Å². The average Bonchev–Trinajstić information content (AvgIpc) is 3.89. The van der Waals surface area contributed by atoms with Crippen molar-refractivity contribution in [2.45, 2.75) is 82.1 Å². The summed E-state index contributed by atoms with van der Waals surface area (Å²) in [7, 11) is 1.72. The number of hydrogen-bond acceptors (Lipinski definition) is 10. The van der Waals surface area contributed by atoms with Gasteiger partial charge in [-0.25, -0.2) is 13.8 Å². The maximum Gasteiger partial charge on any atom is 0.418 e. The Kier molecular flexibility index (Phi) is 8.68. The number of anilines is 1. The first-order chi connectivity index (χ1) is 25.7. The maximum atomic E-state index is 15.2. The SMILES string of the molecule is Cc1cc2c(cnn2C2CCCCO2)c(-n2nc(Br)c3c4c(N5CCOC[C@@](C)(O)C5)nc(OC[C@@]56CCCN5C[C@H](F)C6)nc4n(C)c32)c1C(F)(F)F. The van der Waals surface area contributed by atoms with E-state index in [1.165, 1.54) is 23.9 Å². The zero-order chi connectivity index (χ0) is 37.7. The molecule has 1 aromatic carbocycles. The summed E-state index contributed by atoms with van der Waals surface area (Å²) in [6.07, 6.45) is 0.00343. The number of fused-ring (bicyclic) bond motifs is 5. The predicted molar refractivity (Wildman–Crippen MR) is 195 cm³/mol. The standard InChI is InChI=1S/C36H42BrF4N9O4/c1-20-13-23-22(15-42-49(23)24-7-4-5-11-53-24)28(27(20)36(39,40)41)50-32-25(29(37)45-50)26-30(46(32)3)43-33(44-31(26)47-10-12-52-18-34(2,51)17-47)54-19-35-8-6-9-48(35)16-21(38)14-35/h13,15,21,24,51H,4-12,14,16-19H2,1-3H3/t21-,24?,34+,35+/m1/s1. The number of rotatable bonds is 6. The molecule has 0 saturated carbocycles. The van der Waals surface area contributed by atoms with E-state index in [1.54, 1.807) is 23.2 Å². The second-order valence-corrected chi connectivity index (χ2v) is 16.3. The van der Waals surface area contributed by atoms with Crippen LogP contribution in [-0.4, -0.2) is 114 Å². The fourth-order valence-electron chi connectivity index (χ4n) is 9.19. The number of nitrogens with zero attached hydrogens (tertiary/aromatic N) is 9. The third-order valence-corrected chi connectivity index (χ3v) is 12.1. The van der Waals surface area contributed by atoms with E-state index in [9.17, 15) is 9.50 Å². The van der Waals surface area contributed by atoms with Gasteiger partial charge >= 0.3 is 12.2 Å². The van der Waals surface area contributed by atoms with Crippen LogP contribution in [0.2, 0.25) is 0 Å². The molecule has 9 rings (SSSR count). The number of aliphatic hydroxyl groups is 1. The molecule has 4 aliphatic rings. The van der Waals surface area contributed by atoms with Crippen LogP contribution in [0, 0.1) is 6.92 Å². The van der Waals surface area contributed by atoms with Crippen molar-refractivity contribution in [3.05, 3.63) is 28.0 Å². The van der Waals surface area contributed by atoms with Gasteiger partial charge in [-0.1, -0.05) is 0 Å². The van der Waals surface area contributed by atoms with Crippen LogP contribution in [-0.2, 0) is 22.7 Å². The largest absolute Gasteiger partial charge is 0.461 e. The van der Waals surface area contributed by atoms with E-state index in [0.29, 0.717) is 72.5 Å². The summed E-state index contributed by atoms with van der Waals surface area (Å²) in [6, 6.07) is 1.57. The number of hydrogen-bond donors (Lipinski definition) is 1. The molecule has 4 atom stereocenters. The van der Waals surface area contributed by atoms with Gasteiger partial charge in [-0.15, -0.1) is 0 Å². The lowest BCUT2D eigenvalue weighted by molar-refractivity contribution is -0.137. The van der Waals surface area contributed by atoms with Crippen LogP contribution < -0.4 is 9.64 Å². The van der Waals surface area contributed by atoms with Crippen LogP contribution in [0.25, 0.3) is 38.7 Å². The molecule has 0 radical (unpaired) electrons. The van der Waals surface area contributed by atoms with Gasteiger partial charge in [0.05, 0.1) is 59.0 Å². The molecular weight excluding hydrogens is 778 g/mol. The molecule has 4 aromatic heterocycles. The van der Waals surface area contributed by atoms with Crippen LogP contribution in [0.5, 0.6) is 6.01 Å². The van der Waals surface area contributed by atoms with Gasteiger partial charge in [0.2, 0.25) is 0 Å². The average molecular weight is 821 g/mol. The fourth-order valence-corrected chi connectivity index (χ4v) is 9.73. The van der Waals surface area contributed by atoms with Crippen molar-refractivity contribution in [1.29, 1.82) is 0 Å². The number of aryl methyl sites for hydroxylation is 2. The molecule has 13 nitrogen and oxygen atoms in total. The van der Waals surface area contributed by atoms with Gasteiger partial charge in [0.15, 0.2) is 11.9 Å². The molecule has 8 heterocycles. The molecule has 0 aliphatic carbocycles. The summed E-state index contributed by atoms with van der Waals surface area (Å²) in [4.78, 5) is 13.8. The normalized spacial score (nSPS) is 27.1. The van der Waals surface area contributed by atoms with Crippen LogP contribution in [0.1, 0.15) is 62.8 Å². The van der Waals surface area contributed by atoms with E-state index in [-0.39, 0.29) is 47.0 Å². The Morgan fingerprint density at radius 1 is 1.13 bits per heavy atom. The molecule has 0 bridgehead atoms. The fraction of sp³-hybridized carbons (Fsp3) is 0.611. The van der Waals surface area contributed by atoms with Crippen molar-refractivity contribution in [1.82, 2.24) is 39.0 Å². The minimum Gasteiger partial charge on any atom is -0.461 e. The third kappa shape index (κ3) is 5.85. The summed E-state index contributed by atoms with van der Waals surface area (Å²) in [5.74, 6) is 0.412. The highest BCUT2D eigenvalue weighted by Crippen LogP contribution is 2.46. The van der Waals surface area contributed by atoms with Crippen molar-refractivity contribution in [3.8, 4) is 11.7 Å². The highest BCUT2D eigenvalue weighted by Gasteiger charge is 2.49. The van der Waals surface area contributed by atoms with Gasteiger partial charge in [-0.3, -0.25) is 4.90 Å². The van der Waals surface area contributed by atoms with Gasteiger partial charge in [0, 0.05) is 38.6 Å². The van der Waals surface area contributed by atoms with Gasteiger partial charge < -0.3 is 28.8 Å². The van der Waals surface area contributed by atoms with E-state index < -0.39 is 35.3 Å². The predicted octanol–water partition coefficient (Wildman–Crippen LogP) is 5.99. The zero-order valence-corrected chi connectivity index (χ0v) is 31.9. The molecule has 4 aliphatic heterocycles. The quantitative estimate of drug-likeness (QED) is 0.205. The Labute approximate surface area is 316 Å².